The van der Waals surface area contributed by atoms with Crippen molar-refractivity contribution in [2.75, 3.05) is 0 Å². The van der Waals surface area contributed by atoms with E-state index in [1.54, 1.807) is 36.7 Å². The van der Waals surface area contributed by atoms with Crippen molar-refractivity contribution in [3.63, 3.8) is 0 Å². The van der Waals surface area contributed by atoms with Gasteiger partial charge in [-0.2, -0.15) is 0 Å². The summed E-state index contributed by atoms with van der Waals surface area (Å²) in [6.45, 7) is 0. The number of hydrogen-bond donors (Lipinski definition) is 0. The van der Waals surface area contributed by atoms with Gasteiger partial charge in [-0.1, -0.05) is 18.2 Å². The van der Waals surface area contributed by atoms with Gasteiger partial charge in [-0.05, 0) is 24.3 Å². The first kappa shape index (κ1) is 9.94. The van der Waals surface area contributed by atoms with Gasteiger partial charge in [0.1, 0.15) is 5.75 Å². The lowest BCUT2D eigenvalue weighted by Gasteiger charge is -2.04. The fraction of sp³-hybridized carbons (Fsp3) is 0. The van der Waals surface area contributed by atoms with Crippen LogP contribution in [-0.4, -0.2) is 4.98 Å². The van der Waals surface area contributed by atoms with Crippen LogP contribution in [0.2, 0.25) is 0 Å². The maximum atomic E-state index is 11.7. The molecule has 4 heteroatoms. The molecule has 2 aromatic rings. The number of hydrogen-bond acceptors (Lipinski definition) is 3. The third kappa shape index (κ3) is 2.67. The molecule has 1 atom stereocenters. The number of benzene rings is 1. The van der Waals surface area contributed by atoms with Crippen molar-refractivity contribution < 1.29 is 9.09 Å². The molecule has 0 aliphatic rings. The van der Waals surface area contributed by atoms with E-state index in [1.165, 1.54) is 0 Å². The van der Waals surface area contributed by atoms with Crippen LogP contribution < -0.4 is 9.83 Å². The van der Waals surface area contributed by atoms with Gasteiger partial charge in [-0.3, -0.25) is 9.55 Å². The highest BCUT2D eigenvalue weighted by Gasteiger charge is 2.03. The molecule has 0 radical (unpaired) electrons. The van der Waals surface area contributed by atoms with E-state index in [2.05, 4.69) is 4.98 Å². The summed E-state index contributed by atoms with van der Waals surface area (Å²) in [5.74, 6) is 0.623. The zero-order valence-corrected chi connectivity index (χ0v) is 8.96. The molecule has 1 aromatic carbocycles. The average molecular weight is 219 g/mol. The number of rotatable bonds is 3. The highest BCUT2D eigenvalue weighted by atomic mass is 31.1. The minimum atomic E-state index is -2.21. The molecule has 1 aromatic heterocycles. The fourth-order valence-corrected chi connectivity index (χ4v) is 2.03. The lowest BCUT2D eigenvalue weighted by Crippen LogP contribution is -1.99. The van der Waals surface area contributed by atoms with Gasteiger partial charge in [-0.25, -0.2) is 0 Å². The van der Waals surface area contributed by atoms with Crippen molar-refractivity contribution in [1.29, 1.82) is 0 Å². The highest BCUT2D eigenvalue weighted by molar-refractivity contribution is 7.48. The van der Waals surface area contributed by atoms with Crippen LogP contribution in [0.1, 0.15) is 0 Å². The van der Waals surface area contributed by atoms with Gasteiger partial charge in [0.05, 0.1) is 0 Å². The summed E-state index contributed by atoms with van der Waals surface area (Å²) in [6.07, 6.45) is 3.21. The van der Waals surface area contributed by atoms with E-state index >= 15 is 0 Å². The van der Waals surface area contributed by atoms with E-state index in [4.69, 9.17) is 4.52 Å². The molecule has 0 spiro atoms. The summed E-state index contributed by atoms with van der Waals surface area (Å²) in [4.78, 5) is 3.86. The minimum absolute atomic E-state index is 0.623. The van der Waals surface area contributed by atoms with Crippen molar-refractivity contribution in [3.8, 4) is 5.75 Å². The summed E-state index contributed by atoms with van der Waals surface area (Å²) in [5.41, 5.74) is 0. The largest absolute Gasteiger partial charge is 0.442 e. The second-order valence-electron chi connectivity index (χ2n) is 2.94. The van der Waals surface area contributed by atoms with Crippen LogP contribution in [0.3, 0.4) is 0 Å². The highest BCUT2D eigenvalue weighted by Crippen LogP contribution is 2.25. The summed E-state index contributed by atoms with van der Waals surface area (Å²) in [7, 11) is -2.21. The zero-order chi connectivity index (χ0) is 10.5. The Labute approximate surface area is 88.6 Å². The molecule has 0 saturated heterocycles. The molecule has 0 N–H and O–H groups in total. The molecule has 15 heavy (non-hydrogen) atoms. The van der Waals surface area contributed by atoms with Crippen molar-refractivity contribution in [1.82, 2.24) is 4.98 Å². The second-order valence-corrected chi connectivity index (χ2v) is 4.29. The molecule has 0 aliphatic carbocycles. The standard InChI is InChI=1S/C11H10NO2P/c13-15(11-6-8-12-9-7-11)14-10-4-2-1-3-5-10/h1-9,15H. The molecule has 0 fully saturated rings. The smallest absolute Gasteiger partial charge is 0.266 e. The van der Waals surface area contributed by atoms with Crippen LogP contribution in [0, 0.1) is 0 Å². The number of pyridine rings is 1. The van der Waals surface area contributed by atoms with Gasteiger partial charge in [0.2, 0.25) is 0 Å². The molecular weight excluding hydrogens is 209 g/mol. The summed E-state index contributed by atoms with van der Waals surface area (Å²) >= 11 is 0. The number of aromatic nitrogens is 1. The molecule has 0 saturated carbocycles. The molecule has 2 rings (SSSR count). The van der Waals surface area contributed by atoms with E-state index in [0.717, 1.165) is 0 Å². The Morgan fingerprint density at radius 1 is 1.00 bits per heavy atom. The van der Waals surface area contributed by atoms with E-state index in [0.29, 0.717) is 11.1 Å². The van der Waals surface area contributed by atoms with E-state index in [1.807, 2.05) is 18.2 Å². The third-order valence-electron chi connectivity index (χ3n) is 1.87. The molecule has 1 unspecified atom stereocenters. The molecular formula is C11H10NO2P. The van der Waals surface area contributed by atoms with Gasteiger partial charge in [-0.15, -0.1) is 0 Å². The van der Waals surface area contributed by atoms with Crippen LogP contribution >= 0.6 is 8.03 Å². The zero-order valence-electron chi connectivity index (χ0n) is 7.96. The van der Waals surface area contributed by atoms with Crippen LogP contribution in [0.25, 0.3) is 0 Å². The quantitative estimate of drug-likeness (QED) is 0.743. The Bertz CT molecular complexity index is 445. The summed E-state index contributed by atoms with van der Waals surface area (Å²) < 4.78 is 17.1. The Morgan fingerprint density at radius 3 is 2.33 bits per heavy atom. The van der Waals surface area contributed by atoms with Crippen LogP contribution in [0.4, 0.5) is 0 Å². The van der Waals surface area contributed by atoms with Crippen LogP contribution in [0.15, 0.2) is 54.9 Å². The van der Waals surface area contributed by atoms with E-state index in [-0.39, 0.29) is 0 Å². The maximum Gasteiger partial charge on any atom is 0.266 e. The Morgan fingerprint density at radius 2 is 1.67 bits per heavy atom. The fourth-order valence-electron chi connectivity index (χ4n) is 1.14. The lowest BCUT2D eigenvalue weighted by atomic mass is 10.3. The van der Waals surface area contributed by atoms with Gasteiger partial charge >= 0.3 is 0 Å². The van der Waals surface area contributed by atoms with Gasteiger partial charge in [0, 0.05) is 17.7 Å². The first-order valence-corrected chi connectivity index (χ1v) is 5.85. The number of nitrogens with zero attached hydrogens (tertiary/aromatic N) is 1. The minimum Gasteiger partial charge on any atom is -0.442 e. The summed E-state index contributed by atoms with van der Waals surface area (Å²) in [6, 6.07) is 12.5. The Balaban J connectivity index is 2.12. The van der Waals surface area contributed by atoms with Crippen LogP contribution in [0.5, 0.6) is 5.75 Å². The van der Waals surface area contributed by atoms with Crippen molar-refractivity contribution in [2.24, 2.45) is 0 Å². The maximum absolute atomic E-state index is 11.7. The van der Waals surface area contributed by atoms with Crippen molar-refractivity contribution in [3.05, 3.63) is 54.9 Å². The second kappa shape index (κ2) is 4.76. The first-order valence-electron chi connectivity index (χ1n) is 4.53. The van der Waals surface area contributed by atoms with E-state index in [9.17, 15) is 4.57 Å². The third-order valence-corrected chi connectivity index (χ3v) is 3.10. The van der Waals surface area contributed by atoms with Crippen molar-refractivity contribution >= 4 is 13.3 Å². The van der Waals surface area contributed by atoms with Gasteiger partial charge in [0.25, 0.3) is 8.03 Å². The SMILES string of the molecule is O=[PH](Oc1ccccc1)c1ccncc1. The van der Waals surface area contributed by atoms with Crippen molar-refractivity contribution in [2.45, 2.75) is 0 Å². The first-order chi connectivity index (χ1) is 7.36. The van der Waals surface area contributed by atoms with E-state index < -0.39 is 8.03 Å². The average Bonchev–Trinajstić information content (AvgIpc) is 2.31. The number of para-hydroxylation sites is 1. The normalized spacial score (nSPS) is 12.0. The molecule has 76 valence electrons. The molecule has 0 aliphatic heterocycles. The predicted molar refractivity (Wildman–Crippen MR) is 59.9 cm³/mol. The molecule has 3 nitrogen and oxygen atoms in total. The van der Waals surface area contributed by atoms with Gasteiger partial charge in [0.15, 0.2) is 0 Å². The van der Waals surface area contributed by atoms with Crippen LogP contribution in [-0.2, 0) is 4.57 Å². The Kier molecular flexibility index (Phi) is 3.15. The molecule has 0 bridgehead atoms. The topological polar surface area (TPSA) is 39.2 Å². The monoisotopic (exact) mass is 219 g/mol. The van der Waals surface area contributed by atoms with Gasteiger partial charge < -0.3 is 4.52 Å². The molecule has 0 amide bonds. The lowest BCUT2D eigenvalue weighted by molar-refractivity contribution is 0.514. The summed E-state index contributed by atoms with van der Waals surface area (Å²) in [5, 5.41) is 0.679. The predicted octanol–water partition coefficient (Wildman–Crippen LogP) is 2.26. The molecule has 1 heterocycles. The Hall–Kier alpha value is -1.60.